The number of carbonyl (C=O) groups is 1. The number of hydrogen-bond donors (Lipinski definition) is 1. The monoisotopic (exact) mass is 155 g/mol. The van der Waals surface area contributed by atoms with Gasteiger partial charge < -0.3 is 10.1 Å². The van der Waals surface area contributed by atoms with Gasteiger partial charge >= 0.3 is 0 Å². The third-order valence-electron chi connectivity index (χ3n) is 2.15. The molecule has 1 amide bonds. The molecule has 1 N–H and O–H groups in total. The van der Waals surface area contributed by atoms with Gasteiger partial charge in [-0.25, -0.2) is 0 Å². The zero-order valence-electron chi connectivity index (χ0n) is 7.04. The highest BCUT2D eigenvalue weighted by atomic mass is 16.5. The van der Waals surface area contributed by atoms with E-state index in [0.717, 1.165) is 12.8 Å². The summed E-state index contributed by atoms with van der Waals surface area (Å²) in [6.07, 6.45) is 2.04. The van der Waals surface area contributed by atoms with Gasteiger partial charge in [-0.2, -0.15) is 0 Å². The molecule has 1 fully saturated rings. The molecule has 0 aliphatic carbocycles. The van der Waals surface area contributed by atoms with E-state index >= 15 is 0 Å². The van der Waals surface area contributed by atoms with E-state index < -0.39 is 0 Å². The van der Waals surface area contributed by atoms with Crippen molar-refractivity contribution >= 4 is 14.3 Å². The van der Waals surface area contributed by atoms with Gasteiger partial charge in [0, 0.05) is 12.5 Å². The minimum atomic E-state index is 0.218. The maximum absolute atomic E-state index is 9.98. The second-order valence-corrected chi connectivity index (χ2v) is 3.22. The Morgan fingerprint density at radius 3 is 3.00 bits per heavy atom. The van der Waals surface area contributed by atoms with Gasteiger partial charge in [0.2, 0.25) is 6.41 Å². The molecule has 0 radical (unpaired) electrons. The first-order chi connectivity index (χ1) is 5.24. The Bertz CT molecular complexity index is 142. The van der Waals surface area contributed by atoms with E-state index in [4.69, 9.17) is 4.74 Å². The Labute approximate surface area is 67.9 Å². The van der Waals surface area contributed by atoms with Crippen molar-refractivity contribution in [1.29, 1.82) is 0 Å². The Hall–Kier alpha value is -0.505. The van der Waals surface area contributed by atoms with E-state index in [1.165, 1.54) is 0 Å². The van der Waals surface area contributed by atoms with Crippen molar-refractivity contribution in [2.75, 3.05) is 6.54 Å². The maximum atomic E-state index is 9.98. The van der Waals surface area contributed by atoms with E-state index in [1.807, 2.05) is 0 Å². The van der Waals surface area contributed by atoms with E-state index in [1.54, 1.807) is 0 Å². The van der Waals surface area contributed by atoms with E-state index in [9.17, 15) is 4.79 Å². The highest BCUT2D eigenvalue weighted by Crippen LogP contribution is 2.23. The van der Waals surface area contributed by atoms with Crippen LogP contribution in [0.15, 0.2) is 0 Å². The summed E-state index contributed by atoms with van der Waals surface area (Å²) in [7, 11) is 2.07. The fourth-order valence-electron chi connectivity index (χ4n) is 1.58. The highest BCUT2D eigenvalue weighted by molar-refractivity contribution is 6.11. The minimum Gasteiger partial charge on any atom is -0.382 e. The van der Waals surface area contributed by atoms with Crippen LogP contribution in [0, 0.1) is 5.92 Å². The average Bonchev–Trinajstić information content (AvgIpc) is 2.26. The summed E-state index contributed by atoms with van der Waals surface area (Å²) in [5.74, 6) is 0.567. The zero-order chi connectivity index (χ0) is 8.27. The Morgan fingerprint density at radius 2 is 2.55 bits per heavy atom. The van der Waals surface area contributed by atoms with Crippen LogP contribution in [0.2, 0.25) is 0 Å². The van der Waals surface area contributed by atoms with Gasteiger partial charge in [-0.05, 0) is 12.3 Å². The van der Waals surface area contributed by atoms with Crippen LogP contribution in [-0.4, -0.2) is 32.9 Å². The molecule has 0 aromatic heterocycles. The SMILES string of the molecule is BC1CC(C)C(CNC=O)O1. The molecule has 1 aliphatic rings. The molecule has 0 aromatic carbocycles. The largest absolute Gasteiger partial charge is 0.382 e. The van der Waals surface area contributed by atoms with Crippen molar-refractivity contribution in [3.8, 4) is 0 Å². The average molecular weight is 155 g/mol. The number of hydrogen-bond acceptors (Lipinski definition) is 2. The Kier molecular flexibility index (Phi) is 2.94. The van der Waals surface area contributed by atoms with Gasteiger partial charge in [0.1, 0.15) is 7.85 Å². The third-order valence-corrected chi connectivity index (χ3v) is 2.15. The molecule has 1 heterocycles. The Morgan fingerprint density at radius 1 is 1.82 bits per heavy atom. The van der Waals surface area contributed by atoms with Crippen LogP contribution in [-0.2, 0) is 9.53 Å². The van der Waals surface area contributed by atoms with Gasteiger partial charge in [0.25, 0.3) is 0 Å². The number of carbonyl (C=O) groups excluding carboxylic acids is 1. The standard InChI is InChI=1S/C7H14BNO2/c1-5-2-7(8)11-6(5)3-9-4-10/h4-7H,2-3,8H2,1H3,(H,9,10). The summed E-state index contributed by atoms with van der Waals surface area (Å²) in [5.41, 5.74) is 0. The molecule has 0 bridgehead atoms. The van der Waals surface area contributed by atoms with Crippen molar-refractivity contribution in [3.63, 3.8) is 0 Å². The summed E-state index contributed by atoms with van der Waals surface area (Å²) in [4.78, 5) is 9.98. The fraction of sp³-hybridized carbons (Fsp3) is 0.857. The van der Waals surface area contributed by atoms with Crippen LogP contribution in [0.3, 0.4) is 0 Å². The number of amides is 1. The van der Waals surface area contributed by atoms with Crippen molar-refractivity contribution in [1.82, 2.24) is 5.32 Å². The molecule has 1 rings (SSSR count). The molecule has 1 saturated heterocycles. The van der Waals surface area contributed by atoms with Crippen molar-refractivity contribution in [2.24, 2.45) is 5.92 Å². The summed E-state index contributed by atoms with van der Waals surface area (Å²) >= 11 is 0. The molecule has 0 spiro atoms. The van der Waals surface area contributed by atoms with Crippen LogP contribution in [0.5, 0.6) is 0 Å². The maximum Gasteiger partial charge on any atom is 0.207 e. The van der Waals surface area contributed by atoms with E-state index in [2.05, 4.69) is 20.1 Å². The van der Waals surface area contributed by atoms with Gasteiger partial charge in [-0.3, -0.25) is 4.79 Å². The van der Waals surface area contributed by atoms with Crippen molar-refractivity contribution in [3.05, 3.63) is 0 Å². The van der Waals surface area contributed by atoms with Crippen LogP contribution in [0.1, 0.15) is 13.3 Å². The minimum absolute atomic E-state index is 0.218. The first kappa shape index (κ1) is 8.59. The summed E-state index contributed by atoms with van der Waals surface area (Å²) < 4.78 is 5.55. The van der Waals surface area contributed by atoms with Crippen molar-refractivity contribution < 1.29 is 9.53 Å². The molecule has 0 saturated carbocycles. The predicted octanol–water partition coefficient (Wildman–Crippen LogP) is -0.883. The topological polar surface area (TPSA) is 38.3 Å². The second kappa shape index (κ2) is 3.76. The first-order valence-corrected chi connectivity index (χ1v) is 4.06. The van der Waals surface area contributed by atoms with Gasteiger partial charge in [-0.15, -0.1) is 0 Å². The normalized spacial score (nSPS) is 37.0. The van der Waals surface area contributed by atoms with Crippen LogP contribution in [0.4, 0.5) is 0 Å². The highest BCUT2D eigenvalue weighted by Gasteiger charge is 2.28. The Balaban J connectivity index is 2.28. The molecule has 3 unspecified atom stereocenters. The molecular weight excluding hydrogens is 141 g/mol. The van der Waals surface area contributed by atoms with Gasteiger partial charge in [0.05, 0.1) is 6.10 Å². The number of rotatable bonds is 3. The lowest BCUT2D eigenvalue weighted by Gasteiger charge is -2.13. The van der Waals surface area contributed by atoms with Gasteiger partial charge in [0.15, 0.2) is 0 Å². The van der Waals surface area contributed by atoms with Crippen LogP contribution < -0.4 is 5.32 Å². The lowest BCUT2D eigenvalue weighted by molar-refractivity contribution is -0.110. The summed E-state index contributed by atoms with van der Waals surface area (Å²) in [5, 5.41) is 2.64. The molecule has 11 heavy (non-hydrogen) atoms. The first-order valence-electron chi connectivity index (χ1n) is 4.06. The smallest absolute Gasteiger partial charge is 0.207 e. The lowest BCUT2D eigenvalue weighted by Crippen LogP contribution is -2.29. The zero-order valence-corrected chi connectivity index (χ0v) is 7.04. The van der Waals surface area contributed by atoms with Gasteiger partial charge in [-0.1, -0.05) is 6.92 Å². The molecule has 62 valence electrons. The van der Waals surface area contributed by atoms with Crippen molar-refractivity contribution in [2.45, 2.75) is 25.5 Å². The number of ether oxygens (including phenoxy) is 1. The quantitative estimate of drug-likeness (QED) is 0.424. The molecule has 3 atom stereocenters. The van der Waals surface area contributed by atoms with E-state index in [0.29, 0.717) is 18.5 Å². The molecule has 1 aliphatic heterocycles. The molecule has 4 heteroatoms. The van der Waals surface area contributed by atoms with Crippen LogP contribution in [0.25, 0.3) is 0 Å². The third kappa shape index (κ3) is 2.22. The molecular formula is C7H14BNO2. The summed E-state index contributed by atoms with van der Waals surface area (Å²) in [6, 6.07) is 0.350. The van der Waals surface area contributed by atoms with Crippen LogP contribution >= 0.6 is 0 Å². The van der Waals surface area contributed by atoms with E-state index in [-0.39, 0.29) is 6.10 Å². The second-order valence-electron chi connectivity index (χ2n) is 3.22. The summed E-state index contributed by atoms with van der Waals surface area (Å²) in [6.45, 7) is 2.80. The predicted molar refractivity (Wildman–Crippen MR) is 45.1 cm³/mol. The molecule has 0 aromatic rings. The number of nitrogens with one attached hydrogen (secondary N) is 1. The molecule has 3 nitrogen and oxygen atoms in total. The lowest BCUT2D eigenvalue weighted by atomic mass is 9.92. The fourth-order valence-corrected chi connectivity index (χ4v) is 1.58.